The van der Waals surface area contributed by atoms with Gasteiger partial charge in [0.2, 0.25) is 0 Å². The minimum Gasteiger partial charge on any atom is -0.493 e. The van der Waals surface area contributed by atoms with Gasteiger partial charge in [-0.1, -0.05) is 11.6 Å². The maximum Gasteiger partial charge on any atom is 0.339 e. The summed E-state index contributed by atoms with van der Waals surface area (Å²) >= 11 is 5.79. The average Bonchev–Trinajstić information content (AvgIpc) is 2.29. The lowest BCUT2D eigenvalue weighted by Crippen LogP contribution is -2.14. The molecule has 0 saturated carbocycles. The highest BCUT2D eigenvalue weighted by Crippen LogP contribution is 2.29. The van der Waals surface area contributed by atoms with Crippen molar-refractivity contribution in [3.8, 4) is 5.75 Å². The molecule has 1 aromatic rings. The first-order valence-electron chi connectivity index (χ1n) is 4.78. The average molecular weight is 245 g/mol. The number of rotatable bonds is 4. The molecule has 0 aliphatic carbocycles. The Hall–Kier alpha value is -1.26. The summed E-state index contributed by atoms with van der Waals surface area (Å²) in [5.41, 5.74) is 0.307. The van der Waals surface area contributed by atoms with Gasteiger partial charge in [-0.3, -0.25) is 0 Å². The van der Waals surface area contributed by atoms with E-state index >= 15 is 0 Å². The van der Waals surface area contributed by atoms with Gasteiger partial charge < -0.3 is 14.6 Å². The number of benzene rings is 1. The Morgan fingerprint density at radius 1 is 1.56 bits per heavy atom. The Morgan fingerprint density at radius 3 is 2.81 bits per heavy atom. The van der Waals surface area contributed by atoms with E-state index in [-0.39, 0.29) is 0 Å². The van der Waals surface area contributed by atoms with Crippen LogP contribution in [0.4, 0.5) is 0 Å². The zero-order valence-electron chi connectivity index (χ0n) is 9.07. The maximum atomic E-state index is 11.2. The minimum absolute atomic E-state index is 0.307. The zero-order valence-corrected chi connectivity index (χ0v) is 9.82. The molecule has 4 nitrogen and oxygen atoms in total. The molecule has 0 aromatic heterocycles. The molecule has 0 aliphatic heterocycles. The number of ether oxygens (including phenoxy) is 2. The number of aliphatic hydroxyl groups is 1. The quantitative estimate of drug-likeness (QED) is 0.823. The topological polar surface area (TPSA) is 55.8 Å². The highest BCUT2D eigenvalue weighted by atomic mass is 35.5. The number of halogens is 1. The van der Waals surface area contributed by atoms with Crippen LogP contribution >= 0.6 is 11.6 Å². The van der Waals surface area contributed by atoms with Crippen molar-refractivity contribution < 1.29 is 19.4 Å². The lowest BCUT2D eigenvalue weighted by Gasteiger charge is -2.14. The first kappa shape index (κ1) is 12.8. The predicted molar refractivity (Wildman–Crippen MR) is 59.6 cm³/mol. The molecule has 1 rings (SSSR count). The minimum atomic E-state index is -1.38. The molecule has 1 unspecified atom stereocenters. The van der Waals surface area contributed by atoms with Crippen LogP contribution in [-0.2, 0) is 9.53 Å². The number of hydrogen-bond donors (Lipinski definition) is 1. The molecule has 0 fully saturated rings. The van der Waals surface area contributed by atoms with Crippen molar-refractivity contribution >= 4 is 17.6 Å². The van der Waals surface area contributed by atoms with Gasteiger partial charge in [0.25, 0.3) is 0 Å². The van der Waals surface area contributed by atoms with E-state index in [0.717, 1.165) is 0 Å². The monoisotopic (exact) mass is 244 g/mol. The third kappa shape index (κ3) is 2.87. The Kier molecular flexibility index (Phi) is 4.58. The molecule has 0 radical (unpaired) electrons. The maximum absolute atomic E-state index is 11.2. The lowest BCUT2D eigenvalue weighted by molar-refractivity contribution is -0.150. The highest BCUT2D eigenvalue weighted by Gasteiger charge is 2.22. The molecule has 0 aliphatic rings. The van der Waals surface area contributed by atoms with E-state index in [1.807, 2.05) is 6.92 Å². The Morgan fingerprint density at radius 2 is 2.25 bits per heavy atom. The van der Waals surface area contributed by atoms with Crippen LogP contribution < -0.4 is 4.74 Å². The van der Waals surface area contributed by atoms with Gasteiger partial charge in [0.15, 0.2) is 6.10 Å². The van der Waals surface area contributed by atoms with Crippen LogP contribution in [0.2, 0.25) is 5.02 Å². The molecule has 0 amide bonds. The van der Waals surface area contributed by atoms with Crippen molar-refractivity contribution in [3.05, 3.63) is 28.8 Å². The molecule has 0 bridgehead atoms. The van der Waals surface area contributed by atoms with E-state index in [0.29, 0.717) is 22.9 Å². The van der Waals surface area contributed by atoms with Gasteiger partial charge in [0.05, 0.1) is 13.7 Å². The van der Waals surface area contributed by atoms with Crippen molar-refractivity contribution in [3.63, 3.8) is 0 Å². The van der Waals surface area contributed by atoms with Gasteiger partial charge in [-0.2, -0.15) is 0 Å². The Labute approximate surface area is 98.7 Å². The van der Waals surface area contributed by atoms with Crippen molar-refractivity contribution in [2.45, 2.75) is 13.0 Å². The standard InChI is InChI=1S/C11H13ClO4/c1-3-16-9-5-4-7(12)6-8(9)10(13)11(14)15-2/h4-6,10,13H,3H2,1-2H3. The molecule has 5 heteroatoms. The second kappa shape index (κ2) is 5.72. The van der Waals surface area contributed by atoms with Crippen LogP contribution in [0.5, 0.6) is 5.75 Å². The first-order valence-corrected chi connectivity index (χ1v) is 5.16. The molecule has 0 heterocycles. The third-order valence-corrected chi connectivity index (χ3v) is 2.23. The van der Waals surface area contributed by atoms with Gasteiger partial charge in [-0.25, -0.2) is 4.79 Å². The summed E-state index contributed by atoms with van der Waals surface area (Å²) in [4.78, 5) is 11.2. The molecule has 1 aromatic carbocycles. The van der Waals surface area contributed by atoms with Gasteiger partial charge >= 0.3 is 5.97 Å². The van der Waals surface area contributed by atoms with Crippen LogP contribution in [0.1, 0.15) is 18.6 Å². The van der Waals surface area contributed by atoms with E-state index in [1.165, 1.54) is 13.2 Å². The molecule has 16 heavy (non-hydrogen) atoms. The summed E-state index contributed by atoms with van der Waals surface area (Å²) in [6, 6.07) is 4.71. The van der Waals surface area contributed by atoms with E-state index in [4.69, 9.17) is 16.3 Å². The second-order valence-corrected chi connectivity index (χ2v) is 3.48. The fourth-order valence-electron chi connectivity index (χ4n) is 1.26. The molecule has 88 valence electrons. The molecule has 0 spiro atoms. The van der Waals surface area contributed by atoms with E-state index in [9.17, 15) is 9.90 Å². The smallest absolute Gasteiger partial charge is 0.339 e. The van der Waals surface area contributed by atoms with Crippen molar-refractivity contribution in [1.82, 2.24) is 0 Å². The van der Waals surface area contributed by atoms with E-state index in [2.05, 4.69) is 4.74 Å². The summed E-state index contributed by atoms with van der Waals surface area (Å²) in [6.45, 7) is 2.24. The molecule has 0 saturated heterocycles. The Bertz CT molecular complexity index is 378. The lowest BCUT2D eigenvalue weighted by atomic mass is 10.1. The molecule has 1 atom stereocenters. The van der Waals surface area contributed by atoms with Crippen LogP contribution in [0.3, 0.4) is 0 Å². The fraction of sp³-hybridized carbons (Fsp3) is 0.364. The number of carbonyl (C=O) groups excluding carboxylic acids is 1. The third-order valence-electron chi connectivity index (χ3n) is 1.99. The van der Waals surface area contributed by atoms with Gasteiger partial charge in [-0.05, 0) is 25.1 Å². The predicted octanol–water partition coefficient (Wildman–Crippen LogP) is 1.95. The summed E-state index contributed by atoms with van der Waals surface area (Å²) in [6.07, 6.45) is -1.38. The summed E-state index contributed by atoms with van der Waals surface area (Å²) in [7, 11) is 1.20. The normalized spacial score (nSPS) is 12.0. The molecular formula is C11H13ClO4. The van der Waals surface area contributed by atoms with E-state index in [1.54, 1.807) is 12.1 Å². The molecular weight excluding hydrogens is 232 g/mol. The number of methoxy groups -OCH3 is 1. The largest absolute Gasteiger partial charge is 0.493 e. The first-order chi connectivity index (χ1) is 7.60. The van der Waals surface area contributed by atoms with Crippen molar-refractivity contribution in [2.75, 3.05) is 13.7 Å². The van der Waals surface area contributed by atoms with Crippen molar-refractivity contribution in [1.29, 1.82) is 0 Å². The van der Waals surface area contributed by atoms with Crippen molar-refractivity contribution in [2.24, 2.45) is 0 Å². The molecule has 1 N–H and O–H groups in total. The van der Waals surface area contributed by atoms with Crippen LogP contribution in [0.25, 0.3) is 0 Å². The number of esters is 1. The number of carbonyl (C=O) groups is 1. The summed E-state index contributed by atoms with van der Waals surface area (Å²) < 4.78 is 9.73. The highest BCUT2D eigenvalue weighted by molar-refractivity contribution is 6.30. The zero-order chi connectivity index (χ0) is 12.1. The summed E-state index contributed by atoms with van der Waals surface area (Å²) in [5.74, 6) is -0.326. The van der Waals surface area contributed by atoms with Gasteiger partial charge in [0.1, 0.15) is 5.75 Å². The van der Waals surface area contributed by atoms with Crippen LogP contribution in [-0.4, -0.2) is 24.8 Å². The van der Waals surface area contributed by atoms with Crippen LogP contribution in [0, 0.1) is 0 Å². The van der Waals surface area contributed by atoms with Gasteiger partial charge in [-0.15, -0.1) is 0 Å². The summed E-state index contributed by atoms with van der Waals surface area (Å²) in [5, 5.41) is 10.1. The fourth-order valence-corrected chi connectivity index (χ4v) is 1.44. The van der Waals surface area contributed by atoms with E-state index < -0.39 is 12.1 Å². The van der Waals surface area contributed by atoms with Crippen LogP contribution in [0.15, 0.2) is 18.2 Å². The SMILES string of the molecule is CCOc1ccc(Cl)cc1C(O)C(=O)OC. The van der Waals surface area contributed by atoms with Gasteiger partial charge in [0, 0.05) is 10.6 Å². The second-order valence-electron chi connectivity index (χ2n) is 3.04. The number of hydrogen-bond acceptors (Lipinski definition) is 4. The Balaban J connectivity index is 3.08. The number of aliphatic hydroxyl groups excluding tert-OH is 1.